The first-order chi connectivity index (χ1) is 17.3. The lowest BCUT2D eigenvalue weighted by molar-refractivity contribution is -0.144. The van der Waals surface area contributed by atoms with Crippen LogP contribution in [0, 0.1) is 5.82 Å². The number of rotatable bonds is 5. The number of carbonyl (C=O) groups excluding carboxylic acids is 2. The van der Waals surface area contributed by atoms with E-state index in [0.29, 0.717) is 34.8 Å². The molecule has 2 heterocycles. The molecule has 0 radical (unpaired) electrons. The number of hydrogen-bond acceptors (Lipinski definition) is 7. The SMILES string of the molecule is CCOc1cc2ncnc(Nc3ccc(F)c(Cl)c3)c2cc1NC(=O)C(=O)N1CCN(C(=O)O)CC1. The fraction of sp³-hybridized carbons (Fsp3) is 0.261. The number of aromatic nitrogens is 2. The fourth-order valence-corrected chi connectivity index (χ4v) is 3.87. The molecule has 4 rings (SSSR count). The molecule has 3 amide bonds. The van der Waals surface area contributed by atoms with Crippen LogP contribution in [-0.4, -0.2) is 75.6 Å². The van der Waals surface area contributed by atoms with Crippen molar-refractivity contribution in [3.63, 3.8) is 0 Å². The first-order valence-electron chi connectivity index (χ1n) is 11.0. The number of piperazine rings is 1. The Bertz CT molecular complexity index is 1330. The predicted octanol–water partition coefficient (Wildman–Crippen LogP) is 3.33. The van der Waals surface area contributed by atoms with Gasteiger partial charge in [0.15, 0.2) is 0 Å². The van der Waals surface area contributed by atoms with Crippen molar-refractivity contribution in [1.29, 1.82) is 0 Å². The molecular weight excluding hydrogens is 495 g/mol. The van der Waals surface area contributed by atoms with Crippen molar-refractivity contribution in [2.75, 3.05) is 43.4 Å². The smallest absolute Gasteiger partial charge is 0.407 e. The number of benzene rings is 2. The normalized spacial score (nSPS) is 13.4. The molecule has 13 heteroatoms. The summed E-state index contributed by atoms with van der Waals surface area (Å²) >= 11 is 5.87. The van der Waals surface area contributed by atoms with Crippen molar-refractivity contribution in [3.8, 4) is 5.75 Å². The Morgan fingerprint density at radius 2 is 1.83 bits per heavy atom. The Balaban J connectivity index is 1.60. The number of hydrogen-bond donors (Lipinski definition) is 3. The van der Waals surface area contributed by atoms with Crippen LogP contribution >= 0.6 is 11.6 Å². The van der Waals surface area contributed by atoms with Gasteiger partial charge in [0.1, 0.15) is 23.7 Å². The molecular formula is C23H22ClFN6O5. The maximum Gasteiger partial charge on any atom is 0.407 e. The number of amides is 3. The molecule has 0 saturated carbocycles. The monoisotopic (exact) mass is 516 g/mol. The highest BCUT2D eigenvalue weighted by atomic mass is 35.5. The van der Waals surface area contributed by atoms with Crippen LogP contribution in [0.1, 0.15) is 6.92 Å². The summed E-state index contributed by atoms with van der Waals surface area (Å²) in [4.78, 5) is 47.5. The maximum absolute atomic E-state index is 13.5. The summed E-state index contributed by atoms with van der Waals surface area (Å²) in [5.74, 6) is -1.58. The van der Waals surface area contributed by atoms with E-state index in [4.69, 9.17) is 21.4 Å². The predicted molar refractivity (Wildman–Crippen MR) is 130 cm³/mol. The third kappa shape index (κ3) is 5.38. The number of carbonyl (C=O) groups is 3. The van der Waals surface area contributed by atoms with Gasteiger partial charge in [-0.3, -0.25) is 9.59 Å². The van der Waals surface area contributed by atoms with Gasteiger partial charge in [0.05, 0.1) is 22.8 Å². The minimum absolute atomic E-state index is 0.0624. The summed E-state index contributed by atoms with van der Waals surface area (Å²) in [6, 6.07) is 7.30. The molecule has 0 aliphatic carbocycles. The molecule has 1 fully saturated rings. The third-order valence-electron chi connectivity index (χ3n) is 5.50. The van der Waals surface area contributed by atoms with Crippen LogP contribution in [0.4, 0.5) is 26.4 Å². The molecule has 1 aromatic heterocycles. The minimum atomic E-state index is -1.07. The molecule has 1 aliphatic heterocycles. The van der Waals surface area contributed by atoms with Gasteiger partial charge in [0.2, 0.25) is 0 Å². The second kappa shape index (κ2) is 10.6. The molecule has 0 atom stereocenters. The molecule has 3 aromatic rings. The lowest BCUT2D eigenvalue weighted by Gasteiger charge is -2.32. The van der Waals surface area contributed by atoms with E-state index in [1.54, 1.807) is 19.1 Å². The average molecular weight is 517 g/mol. The Hall–Kier alpha value is -4.19. The molecule has 11 nitrogen and oxygen atoms in total. The van der Waals surface area contributed by atoms with Gasteiger partial charge in [0, 0.05) is 43.3 Å². The summed E-state index contributed by atoms with van der Waals surface area (Å²) in [6.07, 6.45) is 0.267. The average Bonchev–Trinajstić information content (AvgIpc) is 2.86. The number of anilines is 3. The van der Waals surface area contributed by atoms with Gasteiger partial charge in [-0.1, -0.05) is 11.6 Å². The zero-order chi connectivity index (χ0) is 25.8. The van der Waals surface area contributed by atoms with Gasteiger partial charge >= 0.3 is 17.9 Å². The zero-order valence-corrected chi connectivity index (χ0v) is 19.9. The van der Waals surface area contributed by atoms with E-state index in [1.807, 2.05) is 0 Å². The van der Waals surface area contributed by atoms with E-state index in [-0.39, 0.29) is 36.9 Å². The zero-order valence-electron chi connectivity index (χ0n) is 19.1. The fourth-order valence-electron chi connectivity index (χ4n) is 3.69. The Kier molecular flexibility index (Phi) is 7.34. The minimum Gasteiger partial charge on any atom is -0.492 e. The second-order valence-corrected chi connectivity index (χ2v) is 8.20. The highest BCUT2D eigenvalue weighted by Gasteiger charge is 2.28. The van der Waals surface area contributed by atoms with Gasteiger partial charge in [-0.25, -0.2) is 19.2 Å². The quantitative estimate of drug-likeness (QED) is 0.439. The van der Waals surface area contributed by atoms with Crippen LogP contribution in [0.25, 0.3) is 10.9 Å². The Morgan fingerprint density at radius 1 is 1.11 bits per heavy atom. The Labute approximate surface area is 209 Å². The molecule has 0 unspecified atom stereocenters. The van der Waals surface area contributed by atoms with Crippen molar-refractivity contribution in [2.45, 2.75) is 6.92 Å². The standard InChI is InChI=1S/C23H22ClFN6O5/c1-2-36-19-11-17-14(20(27-12-26-17)28-13-3-4-16(25)15(24)9-13)10-18(19)29-21(32)22(33)30-5-7-31(8-6-30)23(34)35/h3-4,9-12H,2,5-8H2,1H3,(H,29,32)(H,34,35)(H,26,27,28). The van der Waals surface area contributed by atoms with Crippen LogP contribution in [0.15, 0.2) is 36.7 Å². The van der Waals surface area contributed by atoms with Gasteiger partial charge in [0.25, 0.3) is 0 Å². The molecule has 188 valence electrons. The molecule has 36 heavy (non-hydrogen) atoms. The summed E-state index contributed by atoms with van der Waals surface area (Å²) in [6.45, 7) is 2.52. The van der Waals surface area contributed by atoms with Crippen LogP contribution in [-0.2, 0) is 9.59 Å². The van der Waals surface area contributed by atoms with Crippen LogP contribution in [0.5, 0.6) is 5.75 Å². The van der Waals surface area contributed by atoms with E-state index in [9.17, 15) is 18.8 Å². The summed E-state index contributed by atoms with van der Waals surface area (Å²) in [5, 5.41) is 15.1. The maximum atomic E-state index is 13.5. The molecule has 0 bridgehead atoms. The highest BCUT2D eigenvalue weighted by molar-refractivity contribution is 6.39. The first-order valence-corrected chi connectivity index (χ1v) is 11.4. The van der Waals surface area contributed by atoms with Crippen LogP contribution < -0.4 is 15.4 Å². The largest absolute Gasteiger partial charge is 0.492 e. The Morgan fingerprint density at radius 3 is 2.50 bits per heavy atom. The summed E-state index contributed by atoms with van der Waals surface area (Å²) in [5.41, 5.74) is 1.21. The van der Waals surface area contributed by atoms with Crippen molar-refractivity contribution in [1.82, 2.24) is 19.8 Å². The molecule has 1 aliphatic rings. The van der Waals surface area contributed by atoms with Crippen molar-refractivity contribution in [2.24, 2.45) is 0 Å². The number of fused-ring (bicyclic) bond motifs is 1. The molecule has 0 spiro atoms. The molecule has 1 saturated heterocycles. The highest BCUT2D eigenvalue weighted by Crippen LogP contribution is 2.34. The third-order valence-corrected chi connectivity index (χ3v) is 5.79. The first kappa shape index (κ1) is 24.9. The number of nitrogens with zero attached hydrogens (tertiary/aromatic N) is 4. The van der Waals surface area contributed by atoms with E-state index in [0.717, 1.165) is 0 Å². The summed E-state index contributed by atoms with van der Waals surface area (Å²) in [7, 11) is 0. The van der Waals surface area contributed by atoms with Crippen LogP contribution in [0.3, 0.4) is 0 Å². The number of nitrogens with one attached hydrogen (secondary N) is 2. The van der Waals surface area contributed by atoms with Gasteiger partial charge in [-0.15, -0.1) is 0 Å². The van der Waals surface area contributed by atoms with Gasteiger partial charge in [-0.05, 0) is 31.2 Å². The van der Waals surface area contributed by atoms with E-state index in [2.05, 4.69) is 20.6 Å². The molecule has 3 N–H and O–H groups in total. The van der Waals surface area contributed by atoms with Crippen molar-refractivity contribution in [3.05, 3.63) is 47.5 Å². The van der Waals surface area contributed by atoms with E-state index in [1.165, 1.54) is 34.3 Å². The number of halogens is 2. The van der Waals surface area contributed by atoms with Gasteiger partial charge < -0.3 is 30.3 Å². The number of ether oxygens (including phenoxy) is 1. The number of carboxylic acid groups (broad SMARTS) is 1. The second-order valence-electron chi connectivity index (χ2n) is 7.79. The van der Waals surface area contributed by atoms with Gasteiger partial charge in [-0.2, -0.15) is 0 Å². The molecule has 2 aromatic carbocycles. The van der Waals surface area contributed by atoms with Crippen molar-refractivity contribution >= 4 is 57.6 Å². The topological polar surface area (TPSA) is 137 Å². The van der Waals surface area contributed by atoms with Crippen LogP contribution in [0.2, 0.25) is 5.02 Å². The van der Waals surface area contributed by atoms with E-state index < -0.39 is 23.7 Å². The lowest BCUT2D eigenvalue weighted by atomic mass is 10.1. The lowest BCUT2D eigenvalue weighted by Crippen LogP contribution is -2.52. The van der Waals surface area contributed by atoms with E-state index >= 15 is 0 Å². The summed E-state index contributed by atoms with van der Waals surface area (Å²) < 4.78 is 19.2. The van der Waals surface area contributed by atoms with Crippen molar-refractivity contribution < 1.29 is 28.6 Å².